The number of hydrogen-bond acceptors (Lipinski definition) is 2. The summed E-state index contributed by atoms with van der Waals surface area (Å²) in [5.41, 5.74) is 1.99. The van der Waals surface area contributed by atoms with Gasteiger partial charge in [0.25, 0.3) is 0 Å². The Labute approximate surface area is 147 Å². The van der Waals surface area contributed by atoms with E-state index in [1.807, 2.05) is 78.7 Å². The summed E-state index contributed by atoms with van der Waals surface area (Å²) in [5, 5.41) is 3.63. The van der Waals surface area contributed by atoms with Crippen LogP contribution in [0.4, 0.5) is 5.69 Å². The third-order valence-electron chi connectivity index (χ3n) is 3.96. The van der Waals surface area contributed by atoms with Crippen LogP contribution in [0.1, 0.15) is 18.1 Å². The normalized spacial score (nSPS) is 19.4. The van der Waals surface area contributed by atoms with Crippen LogP contribution < -0.4 is 10.2 Å². The SMILES string of the molecule is CC(=O)NC1(c2ccccc2Cl)C=[C]C=CN1c1ccc(C)cc1. The molecule has 121 valence electrons. The molecule has 0 spiro atoms. The van der Waals surface area contributed by atoms with Crippen LogP contribution in [0.25, 0.3) is 0 Å². The number of hydrogen-bond donors (Lipinski definition) is 1. The molecule has 2 aromatic carbocycles. The summed E-state index contributed by atoms with van der Waals surface area (Å²) < 4.78 is 0. The van der Waals surface area contributed by atoms with Gasteiger partial charge in [0, 0.05) is 29.4 Å². The first-order chi connectivity index (χ1) is 11.5. The van der Waals surface area contributed by atoms with E-state index in [0.717, 1.165) is 11.3 Å². The van der Waals surface area contributed by atoms with Gasteiger partial charge >= 0.3 is 0 Å². The Morgan fingerprint density at radius 2 is 1.88 bits per heavy atom. The average molecular weight is 338 g/mol. The number of carbonyl (C=O) groups is 1. The molecule has 0 bridgehead atoms. The maximum Gasteiger partial charge on any atom is 0.219 e. The van der Waals surface area contributed by atoms with Crippen molar-refractivity contribution in [2.24, 2.45) is 0 Å². The molecular weight excluding hydrogens is 320 g/mol. The highest BCUT2D eigenvalue weighted by molar-refractivity contribution is 6.31. The zero-order chi connectivity index (χ0) is 17.2. The first-order valence-electron chi connectivity index (χ1n) is 7.70. The van der Waals surface area contributed by atoms with Crippen LogP contribution in [-0.2, 0) is 10.5 Å². The molecule has 0 saturated heterocycles. The summed E-state index contributed by atoms with van der Waals surface area (Å²) in [6, 6.07) is 15.6. The summed E-state index contributed by atoms with van der Waals surface area (Å²) in [6.45, 7) is 3.54. The molecule has 24 heavy (non-hydrogen) atoms. The number of anilines is 1. The first kappa shape index (κ1) is 16.3. The molecule has 1 aliphatic heterocycles. The van der Waals surface area contributed by atoms with Crippen LogP contribution in [0.15, 0.2) is 66.9 Å². The zero-order valence-corrected chi connectivity index (χ0v) is 14.3. The van der Waals surface area contributed by atoms with Gasteiger partial charge in [0.15, 0.2) is 5.66 Å². The van der Waals surface area contributed by atoms with Gasteiger partial charge in [-0.1, -0.05) is 47.5 Å². The molecule has 3 rings (SSSR count). The Hall–Kier alpha value is -2.52. The maximum atomic E-state index is 12.0. The van der Waals surface area contributed by atoms with Crippen LogP contribution in [0.3, 0.4) is 0 Å². The highest BCUT2D eigenvalue weighted by atomic mass is 35.5. The summed E-state index contributed by atoms with van der Waals surface area (Å²) in [4.78, 5) is 14.0. The molecule has 1 aliphatic rings. The second-order valence-electron chi connectivity index (χ2n) is 5.76. The van der Waals surface area contributed by atoms with Crippen molar-refractivity contribution in [3.63, 3.8) is 0 Å². The Morgan fingerprint density at radius 1 is 1.17 bits per heavy atom. The number of carbonyl (C=O) groups excluding carboxylic acids is 1. The van der Waals surface area contributed by atoms with E-state index in [9.17, 15) is 4.79 Å². The number of nitrogens with zero attached hydrogens (tertiary/aromatic N) is 1. The van der Waals surface area contributed by atoms with Crippen molar-refractivity contribution in [1.29, 1.82) is 0 Å². The van der Waals surface area contributed by atoms with E-state index in [2.05, 4.69) is 11.4 Å². The summed E-state index contributed by atoms with van der Waals surface area (Å²) in [5.74, 6) is -0.152. The van der Waals surface area contributed by atoms with Gasteiger partial charge in [-0.15, -0.1) is 0 Å². The molecule has 1 heterocycles. The Kier molecular flexibility index (Phi) is 4.45. The molecule has 1 atom stereocenters. The minimum Gasteiger partial charge on any atom is -0.326 e. The summed E-state index contributed by atoms with van der Waals surface area (Å²) in [7, 11) is 0. The predicted molar refractivity (Wildman–Crippen MR) is 97.6 cm³/mol. The third kappa shape index (κ3) is 2.95. The van der Waals surface area contributed by atoms with Crippen LogP contribution in [0.5, 0.6) is 0 Å². The number of amides is 1. The Morgan fingerprint density at radius 3 is 2.54 bits per heavy atom. The monoisotopic (exact) mass is 337 g/mol. The molecule has 4 heteroatoms. The number of benzene rings is 2. The maximum absolute atomic E-state index is 12.0. The van der Waals surface area contributed by atoms with Crippen molar-refractivity contribution in [2.45, 2.75) is 19.5 Å². The van der Waals surface area contributed by atoms with Crippen molar-refractivity contribution < 1.29 is 4.79 Å². The lowest BCUT2D eigenvalue weighted by atomic mass is 9.93. The van der Waals surface area contributed by atoms with Gasteiger partial charge in [-0.25, -0.2) is 0 Å². The topological polar surface area (TPSA) is 32.3 Å². The minimum atomic E-state index is -0.922. The van der Waals surface area contributed by atoms with E-state index < -0.39 is 5.66 Å². The molecule has 2 aromatic rings. The van der Waals surface area contributed by atoms with Gasteiger partial charge in [0.2, 0.25) is 5.91 Å². The Bertz CT molecular complexity index is 811. The van der Waals surface area contributed by atoms with Crippen molar-refractivity contribution in [1.82, 2.24) is 5.32 Å². The van der Waals surface area contributed by atoms with Crippen molar-refractivity contribution in [2.75, 3.05) is 4.90 Å². The van der Waals surface area contributed by atoms with Gasteiger partial charge in [-0.05, 0) is 43.4 Å². The molecule has 3 nitrogen and oxygen atoms in total. The van der Waals surface area contributed by atoms with E-state index in [1.165, 1.54) is 12.5 Å². The lowest BCUT2D eigenvalue weighted by Gasteiger charge is -2.43. The van der Waals surface area contributed by atoms with E-state index >= 15 is 0 Å². The fraction of sp³-hybridized carbons (Fsp3) is 0.150. The molecule has 0 aromatic heterocycles. The largest absolute Gasteiger partial charge is 0.326 e. The van der Waals surface area contributed by atoms with Gasteiger partial charge in [-0.2, -0.15) is 0 Å². The van der Waals surface area contributed by atoms with E-state index in [0.29, 0.717) is 5.02 Å². The first-order valence-corrected chi connectivity index (χ1v) is 8.07. The molecule has 1 N–H and O–H groups in total. The number of halogens is 1. The smallest absolute Gasteiger partial charge is 0.219 e. The average Bonchev–Trinajstić information content (AvgIpc) is 2.56. The number of nitrogens with one attached hydrogen (secondary N) is 1. The lowest BCUT2D eigenvalue weighted by molar-refractivity contribution is -0.120. The zero-order valence-electron chi connectivity index (χ0n) is 13.6. The summed E-state index contributed by atoms with van der Waals surface area (Å²) in [6.07, 6.45) is 8.64. The van der Waals surface area contributed by atoms with E-state index in [4.69, 9.17) is 11.6 Å². The standard InChI is InChI=1S/C20H18ClN2O/c1-15-9-11-17(12-10-15)23-14-6-5-13-20(23,22-16(2)24)18-7-3-4-8-19(18)21/h3-4,6-14H,1-2H3,(H,22,24). The van der Waals surface area contributed by atoms with Crippen LogP contribution in [-0.4, -0.2) is 5.91 Å². The fourth-order valence-corrected chi connectivity index (χ4v) is 3.16. The van der Waals surface area contributed by atoms with Crippen molar-refractivity contribution in [3.8, 4) is 0 Å². The fourth-order valence-electron chi connectivity index (χ4n) is 2.88. The molecule has 1 amide bonds. The number of allylic oxidation sites excluding steroid dienone is 2. The minimum absolute atomic E-state index is 0.152. The van der Waals surface area contributed by atoms with Crippen molar-refractivity contribution >= 4 is 23.2 Å². The highest BCUT2D eigenvalue weighted by Gasteiger charge is 2.39. The third-order valence-corrected chi connectivity index (χ3v) is 4.28. The summed E-state index contributed by atoms with van der Waals surface area (Å²) >= 11 is 6.46. The predicted octanol–water partition coefficient (Wildman–Crippen LogP) is 4.33. The number of aryl methyl sites for hydroxylation is 1. The number of rotatable bonds is 3. The molecular formula is C20H18ClN2O. The van der Waals surface area contributed by atoms with E-state index in [-0.39, 0.29) is 5.91 Å². The van der Waals surface area contributed by atoms with Crippen molar-refractivity contribution in [3.05, 3.63) is 89.1 Å². The highest BCUT2D eigenvalue weighted by Crippen LogP contribution is 2.38. The van der Waals surface area contributed by atoms with E-state index in [1.54, 1.807) is 0 Å². The lowest BCUT2D eigenvalue weighted by Crippen LogP contribution is -2.55. The second kappa shape index (κ2) is 6.54. The molecule has 0 aliphatic carbocycles. The van der Waals surface area contributed by atoms with Gasteiger partial charge in [-0.3, -0.25) is 4.79 Å². The second-order valence-corrected chi connectivity index (χ2v) is 6.17. The van der Waals surface area contributed by atoms with Gasteiger partial charge in [0.1, 0.15) is 0 Å². The molecule has 0 fully saturated rings. The molecule has 1 unspecified atom stereocenters. The molecule has 1 radical (unpaired) electrons. The van der Waals surface area contributed by atoms with Gasteiger partial charge in [0.05, 0.1) is 0 Å². The van der Waals surface area contributed by atoms with Gasteiger partial charge < -0.3 is 10.2 Å². The Balaban J connectivity index is 2.19. The van der Waals surface area contributed by atoms with Crippen LogP contribution in [0.2, 0.25) is 5.02 Å². The van der Waals surface area contributed by atoms with Crippen LogP contribution in [0, 0.1) is 13.0 Å². The quantitative estimate of drug-likeness (QED) is 0.904. The van der Waals surface area contributed by atoms with Crippen LogP contribution >= 0.6 is 11.6 Å². The molecule has 0 saturated carbocycles.